The molecule has 0 saturated heterocycles. The first-order valence-corrected chi connectivity index (χ1v) is 17.4. The Balaban J connectivity index is 2.23. The summed E-state index contributed by atoms with van der Waals surface area (Å²) in [5.74, 6) is 1.69. The van der Waals surface area contributed by atoms with Gasteiger partial charge >= 0.3 is 111 Å². The number of hydrogen-bond acceptors (Lipinski definition) is 1. The quantitative estimate of drug-likeness (QED) is 0.562. The first-order chi connectivity index (χ1) is 7.82. The van der Waals surface area contributed by atoms with Gasteiger partial charge in [-0.2, -0.15) is 0 Å². The topological polar surface area (TPSA) is 20.2 Å². The van der Waals surface area contributed by atoms with E-state index in [1.807, 2.05) is 0 Å². The van der Waals surface area contributed by atoms with E-state index < -0.39 is 18.4 Å². The van der Waals surface area contributed by atoms with Gasteiger partial charge in [0.15, 0.2) is 0 Å². The molecule has 0 spiro atoms. The Kier molecular flexibility index (Phi) is 4.00. The standard InChI is InChI=1S/C12H19O.3CH3.Sn/c1-8-4-3-5-11-10(8)7-6-9(2)12(11)13;;;;/h6,9-13H,1,3-5,7H2,2H3;3*1H3;/t9-,10-,11+,12+;;;;/m0..../s1. The van der Waals surface area contributed by atoms with Gasteiger partial charge in [-0.1, -0.05) is 0 Å². The second-order valence-electron chi connectivity index (χ2n) is 7.38. The number of allylic oxidation sites excluding steroid dienone is 1. The van der Waals surface area contributed by atoms with Crippen molar-refractivity contribution in [1.82, 2.24) is 0 Å². The van der Waals surface area contributed by atoms with Crippen LogP contribution in [0.15, 0.2) is 12.2 Å². The zero-order chi connectivity index (χ0) is 12.8. The fourth-order valence-electron chi connectivity index (χ4n) is 4.26. The molecule has 0 aromatic heterocycles. The fraction of sp³-hybridized carbons (Fsp3) is 0.867. The fourth-order valence-corrected chi connectivity index (χ4v) is 12.1. The molecule has 98 valence electrons. The summed E-state index contributed by atoms with van der Waals surface area (Å²) in [5.41, 5.74) is 1.44. The molecule has 0 radical (unpaired) electrons. The minimum atomic E-state index is -1.92. The summed E-state index contributed by atoms with van der Waals surface area (Å²) in [5, 5.41) is 10.6. The molecule has 5 atom stereocenters. The molecule has 2 aliphatic carbocycles. The molecule has 2 heteroatoms. The second kappa shape index (κ2) is 4.88. The number of aliphatic hydroxyl groups is 1. The van der Waals surface area contributed by atoms with Crippen LogP contribution in [0.4, 0.5) is 0 Å². The van der Waals surface area contributed by atoms with Crippen LogP contribution < -0.4 is 0 Å². The van der Waals surface area contributed by atoms with Gasteiger partial charge in [-0.15, -0.1) is 0 Å². The Hall–Kier alpha value is 0.499. The van der Waals surface area contributed by atoms with E-state index in [0.29, 0.717) is 17.8 Å². The molecule has 0 unspecified atom stereocenters. The summed E-state index contributed by atoms with van der Waals surface area (Å²) in [7, 11) is 0. The van der Waals surface area contributed by atoms with E-state index in [1.54, 1.807) is 0 Å². The Morgan fingerprint density at radius 1 is 1.29 bits per heavy atom. The van der Waals surface area contributed by atoms with Crippen molar-refractivity contribution < 1.29 is 5.11 Å². The Morgan fingerprint density at radius 3 is 2.53 bits per heavy atom. The van der Waals surface area contributed by atoms with Crippen LogP contribution >= 0.6 is 0 Å². The van der Waals surface area contributed by atoms with Gasteiger partial charge in [0.2, 0.25) is 0 Å². The third kappa shape index (κ3) is 2.60. The summed E-state index contributed by atoms with van der Waals surface area (Å²) >= 11 is -1.92. The summed E-state index contributed by atoms with van der Waals surface area (Å²) in [6.07, 6.45) is 4.94. The monoisotopic (exact) mass is 344 g/mol. The first-order valence-electron chi connectivity index (χ1n) is 7.18. The van der Waals surface area contributed by atoms with Crippen LogP contribution in [0.3, 0.4) is 0 Å². The third-order valence-corrected chi connectivity index (χ3v) is 13.8. The van der Waals surface area contributed by atoms with Gasteiger partial charge in [0.1, 0.15) is 0 Å². The van der Waals surface area contributed by atoms with Crippen molar-refractivity contribution in [2.45, 2.75) is 57.5 Å². The zero-order valence-electron chi connectivity index (χ0n) is 11.9. The van der Waals surface area contributed by atoms with Crippen LogP contribution in [-0.4, -0.2) is 29.6 Å². The molecule has 1 nitrogen and oxygen atoms in total. The molecule has 0 aromatic rings. The van der Waals surface area contributed by atoms with E-state index in [-0.39, 0.29) is 6.10 Å². The maximum absolute atomic E-state index is 10.6. The Morgan fingerprint density at radius 2 is 1.94 bits per heavy atom. The normalized spacial score (nSPS) is 43.4. The van der Waals surface area contributed by atoms with Gasteiger partial charge < -0.3 is 0 Å². The predicted octanol–water partition coefficient (Wildman–Crippen LogP) is 4.07. The zero-order valence-corrected chi connectivity index (χ0v) is 14.7. The van der Waals surface area contributed by atoms with Crippen molar-refractivity contribution in [2.75, 3.05) is 0 Å². The molecule has 0 bridgehead atoms. The van der Waals surface area contributed by atoms with Crippen molar-refractivity contribution in [3.8, 4) is 0 Å². The molecule has 2 fully saturated rings. The molecule has 2 aliphatic rings. The Labute approximate surface area is 111 Å². The van der Waals surface area contributed by atoms with Crippen LogP contribution in [0.2, 0.25) is 18.8 Å². The average molecular weight is 343 g/mol. The average Bonchev–Trinajstić information content (AvgIpc) is 2.22. The molecular formula is C15H28OSn. The SMILES string of the molecule is C=C1CCC[C@H]2[C@H](O)[C@@H](C)[C@H]([Sn]([CH3])([CH3])[CH3])C[C@@H]12. The second-order valence-corrected chi connectivity index (χ2v) is 23.0. The number of hydrogen-bond donors (Lipinski definition) is 1. The van der Waals surface area contributed by atoms with E-state index in [2.05, 4.69) is 28.3 Å². The van der Waals surface area contributed by atoms with E-state index in [0.717, 1.165) is 3.93 Å². The number of rotatable bonds is 1. The minimum absolute atomic E-state index is 0.0632. The van der Waals surface area contributed by atoms with Crippen LogP contribution in [0, 0.1) is 17.8 Å². The molecule has 0 aromatic carbocycles. The van der Waals surface area contributed by atoms with Gasteiger partial charge in [0.25, 0.3) is 0 Å². The first kappa shape index (κ1) is 13.9. The van der Waals surface area contributed by atoms with Crippen molar-refractivity contribution in [1.29, 1.82) is 0 Å². The van der Waals surface area contributed by atoms with Crippen LogP contribution in [0.1, 0.15) is 32.6 Å². The molecular weight excluding hydrogens is 315 g/mol. The van der Waals surface area contributed by atoms with Gasteiger partial charge in [-0.05, 0) is 0 Å². The summed E-state index contributed by atoms with van der Waals surface area (Å²) in [6.45, 7) is 6.58. The van der Waals surface area contributed by atoms with E-state index in [4.69, 9.17) is 0 Å². The van der Waals surface area contributed by atoms with Crippen molar-refractivity contribution >= 4 is 18.4 Å². The van der Waals surface area contributed by atoms with Gasteiger partial charge in [0, 0.05) is 0 Å². The number of fused-ring (bicyclic) bond motifs is 1. The van der Waals surface area contributed by atoms with Crippen LogP contribution in [0.5, 0.6) is 0 Å². The number of aliphatic hydroxyl groups excluding tert-OH is 1. The van der Waals surface area contributed by atoms with Gasteiger partial charge in [0.05, 0.1) is 0 Å². The molecule has 0 amide bonds. The molecule has 1 N–H and O–H groups in total. The van der Waals surface area contributed by atoms with E-state index in [9.17, 15) is 5.11 Å². The van der Waals surface area contributed by atoms with E-state index in [1.165, 1.54) is 31.3 Å². The summed E-state index contributed by atoms with van der Waals surface area (Å²) in [6, 6.07) is 0. The molecule has 0 heterocycles. The van der Waals surface area contributed by atoms with Crippen LogP contribution in [-0.2, 0) is 0 Å². The van der Waals surface area contributed by atoms with Gasteiger partial charge in [-0.25, -0.2) is 0 Å². The van der Waals surface area contributed by atoms with Crippen molar-refractivity contribution in [3.63, 3.8) is 0 Å². The predicted molar refractivity (Wildman–Crippen MR) is 76.9 cm³/mol. The van der Waals surface area contributed by atoms with Crippen molar-refractivity contribution in [3.05, 3.63) is 12.2 Å². The molecule has 2 saturated carbocycles. The van der Waals surface area contributed by atoms with Crippen LogP contribution in [0.25, 0.3) is 0 Å². The molecule has 0 aliphatic heterocycles. The molecule has 2 rings (SSSR count). The maximum atomic E-state index is 10.6. The van der Waals surface area contributed by atoms with Gasteiger partial charge in [-0.3, -0.25) is 0 Å². The Bertz CT molecular complexity index is 305. The van der Waals surface area contributed by atoms with Crippen molar-refractivity contribution in [2.24, 2.45) is 17.8 Å². The molecule has 17 heavy (non-hydrogen) atoms. The van der Waals surface area contributed by atoms with E-state index >= 15 is 0 Å². The summed E-state index contributed by atoms with van der Waals surface area (Å²) in [4.78, 5) is 7.57. The summed E-state index contributed by atoms with van der Waals surface area (Å²) < 4.78 is 0.829. The third-order valence-electron chi connectivity index (χ3n) is 5.31.